The van der Waals surface area contributed by atoms with Crippen LogP contribution in [-0.2, 0) is 41.4 Å². The predicted molar refractivity (Wildman–Crippen MR) is 294 cm³/mol. The first-order valence-electron chi connectivity index (χ1n) is 25.1. The summed E-state index contributed by atoms with van der Waals surface area (Å²) >= 11 is 0. The van der Waals surface area contributed by atoms with Gasteiger partial charge < -0.3 is 85.2 Å². The number of fused-ring (bicyclic) bond motifs is 2. The van der Waals surface area contributed by atoms with Crippen LogP contribution in [0.3, 0.4) is 0 Å². The Kier molecular flexibility index (Phi) is 25.4. The molecule has 10 N–H and O–H groups in total. The Hall–Kier alpha value is -9.20. The second kappa shape index (κ2) is 32.0. The first-order valence-corrected chi connectivity index (χ1v) is 25.1. The van der Waals surface area contributed by atoms with E-state index in [1.54, 1.807) is 86.1 Å². The van der Waals surface area contributed by atoms with Crippen molar-refractivity contribution in [2.24, 2.45) is 11.5 Å². The number of rotatable bonds is 14. The average molecular weight is 1130 g/mol. The number of benzene rings is 4. The van der Waals surface area contributed by atoms with Crippen molar-refractivity contribution in [2.45, 2.75) is 77.7 Å². The van der Waals surface area contributed by atoms with Crippen molar-refractivity contribution in [2.75, 3.05) is 64.5 Å². The highest BCUT2D eigenvalue weighted by Crippen LogP contribution is 2.32. The minimum Gasteiger partial charge on any atom is -0.508 e. The average Bonchev–Trinajstić information content (AvgIpc) is 4.03. The van der Waals surface area contributed by atoms with Crippen molar-refractivity contribution in [3.8, 4) is 23.0 Å². The van der Waals surface area contributed by atoms with E-state index in [1.165, 1.54) is 18.2 Å². The summed E-state index contributed by atoms with van der Waals surface area (Å²) < 4.78 is 45.9. The fourth-order valence-corrected chi connectivity index (χ4v) is 6.70. The Morgan fingerprint density at radius 2 is 1.05 bits per heavy atom. The van der Waals surface area contributed by atoms with Crippen molar-refractivity contribution >= 4 is 47.2 Å². The van der Waals surface area contributed by atoms with Crippen LogP contribution in [0.5, 0.6) is 23.0 Å². The molecule has 0 spiro atoms. The number of nitrogens with two attached hydrogens (primary N) is 2. The highest BCUT2D eigenvalue weighted by molar-refractivity contribution is 6.02. The van der Waals surface area contributed by atoms with Crippen molar-refractivity contribution < 1.29 is 81.2 Å². The number of hydrogen-bond acceptors (Lipinski definition) is 19. The number of aliphatic hydroxyl groups is 1. The summed E-state index contributed by atoms with van der Waals surface area (Å²) in [4.78, 5) is 70.0. The van der Waals surface area contributed by atoms with E-state index in [4.69, 9.17) is 44.6 Å². The number of phenolic OH excluding ortho intramolecular Hbond substituents is 1. The van der Waals surface area contributed by atoms with Gasteiger partial charge in [0.25, 0.3) is 23.6 Å². The van der Waals surface area contributed by atoms with Gasteiger partial charge in [-0.3, -0.25) is 19.2 Å². The van der Waals surface area contributed by atoms with Gasteiger partial charge in [0.2, 0.25) is 0 Å². The fraction of sp³-hybridized carbons (Fsp3) is 0.357. The lowest BCUT2D eigenvalue weighted by Gasteiger charge is -2.16. The third-order valence-corrected chi connectivity index (χ3v) is 10.2. The smallest absolute Gasteiger partial charge is 0.405 e. The Labute approximate surface area is 467 Å². The number of carbonyl (C=O) groups excluding carboxylic acids is 6. The van der Waals surface area contributed by atoms with Crippen LogP contribution < -0.4 is 46.9 Å². The van der Waals surface area contributed by atoms with Crippen LogP contribution in [0.1, 0.15) is 85.2 Å². The highest BCUT2D eigenvalue weighted by Gasteiger charge is 2.30. The van der Waals surface area contributed by atoms with E-state index < -0.39 is 59.1 Å². The maximum Gasteiger partial charge on any atom is 0.405 e. The van der Waals surface area contributed by atoms with Gasteiger partial charge in [-0.25, -0.2) is 9.59 Å². The molecule has 0 aliphatic carbocycles. The van der Waals surface area contributed by atoms with Crippen molar-refractivity contribution in [1.82, 2.24) is 20.9 Å². The Morgan fingerprint density at radius 1 is 0.617 bits per heavy atom. The lowest BCUT2D eigenvalue weighted by Crippen LogP contribution is -2.46. The minimum atomic E-state index is -0.920. The van der Waals surface area contributed by atoms with Gasteiger partial charge in [-0.15, -0.1) is 0 Å². The fourth-order valence-electron chi connectivity index (χ4n) is 6.70. The lowest BCUT2D eigenvalue weighted by atomic mass is 10.1. The topological polar surface area (TPSA) is 360 Å². The normalized spacial score (nSPS) is 14.1. The molecule has 4 aromatic carbocycles. The molecule has 6 aromatic rings. The third-order valence-electron chi connectivity index (χ3n) is 10.2. The Bertz CT molecular complexity index is 2930. The molecule has 8 rings (SSSR count). The third kappa shape index (κ3) is 24.2. The molecule has 81 heavy (non-hydrogen) atoms. The van der Waals surface area contributed by atoms with Crippen molar-refractivity contribution in [3.05, 3.63) is 143 Å². The van der Waals surface area contributed by atoms with Crippen LogP contribution in [-0.4, -0.2) is 133 Å². The van der Waals surface area contributed by atoms with E-state index in [-0.39, 0.29) is 37.0 Å². The van der Waals surface area contributed by atoms with Crippen LogP contribution in [0.4, 0.5) is 21.0 Å². The van der Waals surface area contributed by atoms with Crippen LogP contribution in [0, 0.1) is 0 Å². The Morgan fingerprint density at radius 3 is 1.43 bits per heavy atom. The van der Waals surface area contributed by atoms with Gasteiger partial charge >= 0.3 is 12.2 Å². The standard InChI is InChI=1S/C23H23N3O6.C20H17N3O5.2C5H11NO2.C3H8O2/c1-29-9-10-30-16-7-8-18-21(13-16)31-14-20(23(28)24-18)25-22(27)19-12-17(32-26-19)11-15-5-3-2-4-6-15;24-13-6-7-15-18(9-13)27-11-17(20(26)21-15)22-19(25)16-10-14(28-23-16)8-12-4-2-1-3-5-12;2*1-5(2,3)8-4(6)7;1-5-3-2-4/h2-8,12-13,20H,9-11,14H2,1H3,(H,24,28)(H,25,27);1-7,9-10,17,24H,8,11H2,(H,21,26)(H,22,25);2*1-3H3,(H2,6,7);4H,2-3H2,1H3/t20-;17-;;;/m00.../s1. The summed E-state index contributed by atoms with van der Waals surface area (Å²) in [5.74, 6) is 0.608. The SMILES string of the molecule is CC(C)(C)OC(N)=O.CC(C)(C)OC(N)=O.COCCO.COCCOc1ccc2c(c1)OC[C@H](NC(=O)c1cc(Cc3ccccc3)on1)C(=O)N2.O=C(N[C@H]1COc2cc(O)ccc2NC1=O)c1cc(Cc2ccccc2)on1. The van der Waals surface area contributed by atoms with Crippen molar-refractivity contribution in [1.29, 1.82) is 0 Å². The molecule has 2 aliphatic heterocycles. The van der Waals surface area contributed by atoms with Gasteiger partial charge in [0.05, 0.1) is 31.2 Å². The van der Waals surface area contributed by atoms with Crippen LogP contribution in [0.2, 0.25) is 0 Å². The zero-order valence-corrected chi connectivity index (χ0v) is 46.3. The van der Waals surface area contributed by atoms with Gasteiger partial charge in [0.15, 0.2) is 11.4 Å². The van der Waals surface area contributed by atoms with Crippen LogP contribution >= 0.6 is 0 Å². The number of primary amides is 2. The van der Waals surface area contributed by atoms with Crippen molar-refractivity contribution in [3.63, 3.8) is 0 Å². The minimum absolute atomic E-state index is 0.0176. The molecular weight excluding hydrogens is 1060 g/mol. The monoisotopic (exact) mass is 1130 g/mol. The maximum absolute atomic E-state index is 12.6. The van der Waals surface area contributed by atoms with E-state index >= 15 is 0 Å². The summed E-state index contributed by atoms with van der Waals surface area (Å²) in [5.41, 5.74) is 11.7. The first-order chi connectivity index (χ1) is 38.4. The zero-order valence-electron chi connectivity index (χ0n) is 46.3. The molecule has 0 unspecified atom stereocenters. The van der Waals surface area contributed by atoms with Gasteiger partial charge in [0, 0.05) is 51.3 Å². The molecule has 0 fully saturated rings. The van der Waals surface area contributed by atoms with Gasteiger partial charge in [-0.2, -0.15) is 0 Å². The van der Waals surface area contributed by atoms with E-state index in [9.17, 15) is 33.9 Å². The number of methoxy groups -OCH3 is 2. The second-order valence-electron chi connectivity index (χ2n) is 19.3. The molecule has 436 valence electrons. The number of anilines is 2. The number of phenols is 1. The number of amides is 6. The molecule has 6 amide bonds. The number of aromatic hydroxyl groups is 1. The summed E-state index contributed by atoms with van der Waals surface area (Å²) in [7, 11) is 3.15. The summed E-state index contributed by atoms with van der Waals surface area (Å²) in [6.07, 6.45) is -0.430. The molecule has 0 saturated heterocycles. The molecule has 2 aromatic heterocycles. The molecule has 2 aliphatic rings. The number of carbonyl (C=O) groups is 6. The molecule has 0 bridgehead atoms. The summed E-state index contributed by atoms with van der Waals surface area (Å²) in [5, 5.41) is 35.7. The van der Waals surface area contributed by atoms with E-state index in [2.05, 4.69) is 45.8 Å². The molecule has 2 atom stereocenters. The number of nitrogens with one attached hydrogen (secondary N) is 4. The van der Waals surface area contributed by atoms with Gasteiger partial charge in [-0.1, -0.05) is 71.0 Å². The molecule has 0 radical (unpaired) electrons. The summed E-state index contributed by atoms with van der Waals surface area (Å²) in [6, 6.07) is 30.1. The highest BCUT2D eigenvalue weighted by atomic mass is 16.6. The lowest BCUT2D eigenvalue weighted by molar-refractivity contribution is -0.119. The largest absolute Gasteiger partial charge is 0.508 e. The molecule has 4 heterocycles. The summed E-state index contributed by atoms with van der Waals surface area (Å²) in [6.45, 7) is 11.9. The molecular formula is C56H70N8O17. The van der Waals surface area contributed by atoms with E-state index in [0.29, 0.717) is 72.8 Å². The van der Waals surface area contributed by atoms with Crippen LogP contribution in [0.15, 0.2) is 118 Å². The van der Waals surface area contributed by atoms with Crippen LogP contribution in [0.25, 0.3) is 0 Å². The van der Waals surface area contributed by atoms with E-state index in [1.807, 2.05) is 60.7 Å². The molecule has 0 saturated carbocycles. The zero-order chi connectivity index (χ0) is 59.5. The Balaban J connectivity index is 0.000000259. The van der Waals surface area contributed by atoms with Gasteiger partial charge in [0.1, 0.15) is 77.6 Å². The number of aliphatic hydroxyl groups excluding tert-OH is 1. The molecule has 25 heteroatoms. The first kappa shape index (κ1) is 64.3. The van der Waals surface area contributed by atoms with Gasteiger partial charge in [-0.05, 0) is 76.9 Å². The number of nitrogens with zero attached hydrogens (tertiary/aromatic N) is 2. The number of ether oxygens (including phenoxy) is 7. The van der Waals surface area contributed by atoms with E-state index in [0.717, 1.165) is 11.1 Å². The predicted octanol–water partition coefficient (Wildman–Crippen LogP) is 5.91. The molecule has 25 nitrogen and oxygen atoms in total. The number of hydrogen-bond donors (Lipinski definition) is 8. The quantitative estimate of drug-likeness (QED) is 0.0464. The maximum atomic E-state index is 12.6. The second-order valence-corrected chi connectivity index (χ2v) is 19.3. The number of aromatic nitrogens is 2.